The van der Waals surface area contributed by atoms with Gasteiger partial charge in [-0.15, -0.1) is 0 Å². The summed E-state index contributed by atoms with van der Waals surface area (Å²) in [5.74, 6) is 0.419. The number of carbonyl (C=O) groups is 2. The van der Waals surface area contributed by atoms with Crippen molar-refractivity contribution in [3.63, 3.8) is 0 Å². The fraction of sp³-hybridized carbons (Fsp3) is 0.706. The van der Waals surface area contributed by atoms with Gasteiger partial charge < -0.3 is 14.5 Å². The molecule has 0 N–H and O–H groups in total. The van der Waals surface area contributed by atoms with Crippen molar-refractivity contribution in [3.8, 4) is 0 Å². The Bertz CT molecular complexity index is 550. The molecular weight excluding hydrogens is 308 g/mol. The first kappa shape index (κ1) is 18.4. The molecule has 1 aliphatic rings. The van der Waals surface area contributed by atoms with Gasteiger partial charge in [0.05, 0.1) is 6.54 Å². The number of likely N-dealkylation sites (N-methyl/N-ethyl adjacent to an activating group) is 1. The summed E-state index contributed by atoms with van der Waals surface area (Å²) in [7, 11) is 3.37. The Morgan fingerprint density at radius 2 is 2.08 bits per heavy atom. The Morgan fingerprint density at radius 3 is 2.67 bits per heavy atom. The van der Waals surface area contributed by atoms with E-state index in [0.29, 0.717) is 18.2 Å². The van der Waals surface area contributed by atoms with Crippen LogP contribution in [0.5, 0.6) is 0 Å². The molecule has 1 saturated heterocycles. The summed E-state index contributed by atoms with van der Waals surface area (Å²) in [5.41, 5.74) is 0.380. The van der Waals surface area contributed by atoms with Gasteiger partial charge in [0.25, 0.3) is 5.91 Å². The standard InChI is InChI=1S/C17H28N4O3/c1-4-21-11-7-15(18-21)17(23)19(2)13-16(22)20-9-5-14(6-10-20)8-12-24-3/h7,11,14H,4-6,8-10,12-13H2,1-3H3. The van der Waals surface area contributed by atoms with Crippen LogP contribution in [0.4, 0.5) is 0 Å². The van der Waals surface area contributed by atoms with E-state index in [4.69, 9.17) is 4.74 Å². The predicted molar refractivity (Wildman–Crippen MR) is 90.7 cm³/mol. The van der Waals surface area contributed by atoms with Gasteiger partial charge in [-0.25, -0.2) is 0 Å². The first-order valence-corrected chi connectivity index (χ1v) is 8.60. The van der Waals surface area contributed by atoms with Crippen LogP contribution in [0.1, 0.15) is 36.7 Å². The van der Waals surface area contributed by atoms with Crippen molar-refractivity contribution < 1.29 is 14.3 Å². The Kier molecular flexibility index (Phi) is 6.78. The van der Waals surface area contributed by atoms with E-state index < -0.39 is 0 Å². The number of aromatic nitrogens is 2. The monoisotopic (exact) mass is 336 g/mol. The predicted octanol–water partition coefficient (Wildman–Crippen LogP) is 1.25. The van der Waals surface area contributed by atoms with Crippen LogP contribution < -0.4 is 0 Å². The van der Waals surface area contributed by atoms with E-state index in [2.05, 4.69) is 5.10 Å². The van der Waals surface area contributed by atoms with E-state index >= 15 is 0 Å². The SMILES string of the molecule is CCn1ccc(C(=O)N(C)CC(=O)N2CCC(CCOC)CC2)n1. The normalized spacial score (nSPS) is 15.5. The number of likely N-dealkylation sites (tertiary alicyclic amines) is 1. The highest BCUT2D eigenvalue weighted by molar-refractivity contribution is 5.94. The van der Waals surface area contributed by atoms with Crippen molar-refractivity contribution >= 4 is 11.8 Å². The van der Waals surface area contributed by atoms with Crippen LogP contribution in [0.2, 0.25) is 0 Å². The molecule has 0 saturated carbocycles. The number of methoxy groups -OCH3 is 1. The molecule has 24 heavy (non-hydrogen) atoms. The van der Waals surface area contributed by atoms with Crippen LogP contribution in [0.25, 0.3) is 0 Å². The molecule has 2 heterocycles. The maximum Gasteiger partial charge on any atom is 0.274 e. The molecule has 0 bridgehead atoms. The molecule has 0 radical (unpaired) electrons. The van der Waals surface area contributed by atoms with Crippen LogP contribution in [0.3, 0.4) is 0 Å². The molecule has 134 valence electrons. The lowest BCUT2D eigenvalue weighted by Crippen LogP contribution is -2.44. The smallest absolute Gasteiger partial charge is 0.274 e. The molecule has 1 aromatic heterocycles. The lowest BCUT2D eigenvalue weighted by Gasteiger charge is -2.33. The van der Waals surface area contributed by atoms with E-state index in [0.717, 1.165) is 39.0 Å². The second kappa shape index (κ2) is 8.82. The van der Waals surface area contributed by atoms with Crippen LogP contribution >= 0.6 is 0 Å². The summed E-state index contributed by atoms with van der Waals surface area (Å²) >= 11 is 0. The highest BCUT2D eigenvalue weighted by atomic mass is 16.5. The molecule has 0 aromatic carbocycles. The van der Waals surface area contributed by atoms with Gasteiger partial charge >= 0.3 is 0 Å². The van der Waals surface area contributed by atoms with E-state index in [1.165, 1.54) is 4.90 Å². The zero-order chi connectivity index (χ0) is 17.5. The maximum absolute atomic E-state index is 12.4. The van der Waals surface area contributed by atoms with Gasteiger partial charge in [-0.3, -0.25) is 14.3 Å². The lowest BCUT2D eigenvalue weighted by atomic mass is 9.94. The fourth-order valence-corrected chi connectivity index (χ4v) is 2.98. The largest absolute Gasteiger partial charge is 0.385 e. The Morgan fingerprint density at radius 1 is 1.38 bits per heavy atom. The zero-order valence-electron chi connectivity index (χ0n) is 14.9. The number of rotatable bonds is 7. The molecule has 2 rings (SSSR count). The molecule has 7 nitrogen and oxygen atoms in total. The van der Waals surface area contributed by atoms with E-state index in [-0.39, 0.29) is 18.4 Å². The molecule has 0 atom stereocenters. The van der Waals surface area contributed by atoms with Crippen LogP contribution in [-0.2, 0) is 16.1 Å². The van der Waals surface area contributed by atoms with Gasteiger partial charge in [0.15, 0.2) is 0 Å². The van der Waals surface area contributed by atoms with Gasteiger partial charge in [0.1, 0.15) is 5.69 Å². The van der Waals surface area contributed by atoms with Crippen LogP contribution in [-0.4, -0.2) is 71.8 Å². The minimum atomic E-state index is -0.217. The number of hydrogen-bond acceptors (Lipinski definition) is 4. The first-order chi connectivity index (χ1) is 11.5. The third-order valence-corrected chi connectivity index (χ3v) is 4.60. The lowest BCUT2D eigenvalue weighted by molar-refractivity contribution is -0.133. The van der Waals surface area contributed by atoms with Crippen LogP contribution in [0.15, 0.2) is 12.3 Å². The van der Waals surface area contributed by atoms with Gasteiger partial charge in [-0.05, 0) is 38.2 Å². The molecule has 0 aliphatic carbocycles. The zero-order valence-corrected chi connectivity index (χ0v) is 14.9. The number of amides is 2. The summed E-state index contributed by atoms with van der Waals surface area (Å²) in [6.07, 6.45) is 4.84. The number of carbonyl (C=O) groups excluding carboxylic acids is 2. The van der Waals surface area contributed by atoms with E-state index in [1.54, 1.807) is 31.1 Å². The Labute approximate surface area is 143 Å². The molecular formula is C17H28N4O3. The molecule has 2 amide bonds. The van der Waals surface area contributed by atoms with Crippen molar-refractivity contribution in [2.45, 2.75) is 32.7 Å². The summed E-state index contributed by atoms with van der Waals surface area (Å²) in [6, 6.07) is 1.69. The summed E-state index contributed by atoms with van der Waals surface area (Å²) in [6.45, 7) is 5.08. The molecule has 1 aliphatic heterocycles. The molecule has 0 unspecified atom stereocenters. The van der Waals surface area contributed by atoms with Gasteiger partial charge in [-0.2, -0.15) is 5.10 Å². The number of hydrogen-bond donors (Lipinski definition) is 0. The Balaban J connectivity index is 1.80. The van der Waals surface area contributed by atoms with E-state index in [9.17, 15) is 9.59 Å². The number of ether oxygens (including phenoxy) is 1. The summed E-state index contributed by atoms with van der Waals surface area (Å²) < 4.78 is 6.82. The fourth-order valence-electron chi connectivity index (χ4n) is 2.98. The number of aryl methyl sites for hydroxylation is 1. The highest BCUT2D eigenvalue weighted by Gasteiger charge is 2.25. The van der Waals surface area contributed by atoms with Crippen molar-refractivity contribution in [1.82, 2.24) is 19.6 Å². The molecule has 7 heteroatoms. The number of nitrogens with zero attached hydrogens (tertiary/aromatic N) is 4. The van der Waals surface area contributed by atoms with Crippen LogP contribution in [0, 0.1) is 5.92 Å². The second-order valence-electron chi connectivity index (χ2n) is 6.32. The first-order valence-electron chi connectivity index (χ1n) is 8.60. The van der Waals surface area contributed by atoms with E-state index in [1.807, 2.05) is 11.8 Å². The molecule has 1 aromatic rings. The highest BCUT2D eigenvalue weighted by Crippen LogP contribution is 2.20. The van der Waals surface area contributed by atoms with Crippen molar-refractivity contribution in [2.75, 3.05) is 40.4 Å². The van der Waals surface area contributed by atoms with Crippen molar-refractivity contribution in [3.05, 3.63) is 18.0 Å². The quantitative estimate of drug-likeness (QED) is 0.751. The van der Waals surface area contributed by atoms with Gasteiger partial charge in [-0.1, -0.05) is 0 Å². The van der Waals surface area contributed by atoms with Crippen molar-refractivity contribution in [2.24, 2.45) is 5.92 Å². The third-order valence-electron chi connectivity index (χ3n) is 4.60. The Hall–Kier alpha value is -1.89. The molecule has 1 fully saturated rings. The summed E-state index contributed by atoms with van der Waals surface area (Å²) in [4.78, 5) is 28.0. The van der Waals surface area contributed by atoms with Crippen molar-refractivity contribution in [1.29, 1.82) is 0 Å². The third kappa shape index (κ3) is 4.80. The molecule has 0 spiro atoms. The average Bonchev–Trinajstić information content (AvgIpc) is 3.08. The van der Waals surface area contributed by atoms with Gasteiger partial charge in [0.2, 0.25) is 5.91 Å². The minimum absolute atomic E-state index is 0.00552. The summed E-state index contributed by atoms with van der Waals surface area (Å²) in [5, 5.41) is 4.20. The minimum Gasteiger partial charge on any atom is -0.385 e. The topological polar surface area (TPSA) is 67.7 Å². The maximum atomic E-state index is 12.4. The second-order valence-corrected chi connectivity index (χ2v) is 6.32. The van der Waals surface area contributed by atoms with Gasteiger partial charge in [0, 0.05) is 46.6 Å². The number of piperidine rings is 1. The average molecular weight is 336 g/mol.